The van der Waals surface area contributed by atoms with Crippen molar-refractivity contribution >= 4 is 22.7 Å². The maximum Gasteiger partial charge on any atom is 0.261 e. The van der Waals surface area contributed by atoms with Crippen LogP contribution in [0.5, 0.6) is 11.6 Å². The fourth-order valence-corrected chi connectivity index (χ4v) is 3.45. The van der Waals surface area contributed by atoms with Crippen LogP contribution in [0.1, 0.15) is 16.7 Å². The SMILES string of the molecule is COc1ccc(Cn2c(O)c(C=Nc3cccc(C)c3)c3ccccc3c2=O)cc1. The van der Waals surface area contributed by atoms with Crippen molar-refractivity contribution in [1.29, 1.82) is 0 Å². The van der Waals surface area contributed by atoms with E-state index in [-0.39, 0.29) is 18.0 Å². The molecule has 30 heavy (non-hydrogen) atoms. The van der Waals surface area contributed by atoms with E-state index in [0.29, 0.717) is 16.3 Å². The molecular formula is C25H22N2O3. The van der Waals surface area contributed by atoms with Crippen LogP contribution >= 0.6 is 0 Å². The van der Waals surface area contributed by atoms with Crippen molar-refractivity contribution in [3.63, 3.8) is 0 Å². The summed E-state index contributed by atoms with van der Waals surface area (Å²) in [6.07, 6.45) is 1.62. The van der Waals surface area contributed by atoms with Crippen LogP contribution in [0.3, 0.4) is 0 Å². The van der Waals surface area contributed by atoms with E-state index in [1.165, 1.54) is 4.57 Å². The molecule has 0 aliphatic carbocycles. The number of aromatic nitrogens is 1. The first kappa shape index (κ1) is 19.5. The van der Waals surface area contributed by atoms with Gasteiger partial charge in [-0.05, 0) is 48.4 Å². The molecule has 5 nitrogen and oxygen atoms in total. The van der Waals surface area contributed by atoms with Gasteiger partial charge in [0.1, 0.15) is 5.75 Å². The largest absolute Gasteiger partial charge is 0.497 e. The third kappa shape index (κ3) is 3.82. The number of hydrogen-bond donors (Lipinski definition) is 1. The number of rotatable bonds is 5. The summed E-state index contributed by atoms with van der Waals surface area (Å²) < 4.78 is 6.57. The molecule has 0 bridgehead atoms. The van der Waals surface area contributed by atoms with Gasteiger partial charge in [-0.2, -0.15) is 0 Å². The minimum Gasteiger partial charge on any atom is -0.497 e. The zero-order valence-electron chi connectivity index (χ0n) is 16.9. The first-order valence-corrected chi connectivity index (χ1v) is 9.65. The van der Waals surface area contributed by atoms with Crippen molar-refractivity contribution in [3.8, 4) is 11.6 Å². The van der Waals surface area contributed by atoms with Gasteiger partial charge in [0.15, 0.2) is 0 Å². The van der Waals surface area contributed by atoms with Crippen molar-refractivity contribution in [1.82, 2.24) is 4.57 Å². The molecule has 0 aliphatic heterocycles. The van der Waals surface area contributed by atoms with Crippen LogP contribution in [0, 0.1) is 6.92 Å². The molecule has 0 atom stereocenters. The zero-order valence-corrected chi connectivity index (χ0v) is 16.9. The van der Waals surface area contributed by atoms with Gasteiger partial charge in [-0.3, -0.25) is 14.4 Å². The zero-order chi connectivity index (χ0) is 21.1. The quantitative estimate of drug-likeness (QED) is 0.490. The lowest BCUT2D eigenvalue weighted by molar-refractivity contribution is 0.412. The van der Waals surface area contributed by atoms with Crippen LogP contribution < -0.4 is 10.3 Å². The average Bonchev–Trinajstić information content (AvgIpc) is 2.77. The lowest BCUT2D eigenvalue weighted by Crippen LogP contribution is -2.22. The van der Waals surface area contributed by atoms with E-state index >= 15 is 0 Å². The molecule has 0 saturated carbocycles. The Balaban J connectivity index is 1.83. The maximum atomic E-state index is 13.1. The molecule has 0 radical (unpaired) electrons. The topological polar surface area (TPSA) is 63.8 Å². The number of ether oxygens (including phenoxy) is 1. The lowest BCUT2D eigenvalue weighted by Gasteiger charge is -2.14. The van der Waals surface area contributed by atoms with Crippen molar-refractivity contribution < 1.29 is 9.84 Å². The summed E-state index contributed by atoms with van der Waals surface area (Å²) >= 11 is 0. The Hall–Kier alpha value is -3.86. The number of benzene rings is 3. The van der Waals surface area contributed by atoms with Crippen LogP contribution in [0.2, 0.25) is 0 Å². The fraction of sp³-hybridized carbons (Fsp3) is 0.120. The predicted molar refractivity (Wildman–Crippen MR) is 120 cm³/mol. The van der Waals surface area contributed by atoms with Gasteiger partial charge in [0.2, 0.25) is 5.88 Å². The van der Waals surface area contributed by atoms with Crippen molar-refractivity contribution in [2.45, 2.75) is 13.5 Å². The fourth-order valence-electron chi connectivity index (χ4n) is 3.45. The van der Waals surface area contributed by atoms with Crippen molar-refractivity contribution in [3.05, 3.63) is 99.8 Å². The molecule has 0 spiro atoms. The molecular weight excluding hydrogens is 376 g/mol. The summed E-state index contributed by atoms with van der Waals surface area (Å²) in [6.45, 7) is 2.24. The summed E-state index contributed by atoms with van der Waals surface area (Å²) in [7, 11) is 1.61. The summed E-state index contributed by atoms with van der Waals surface area (Å²) in [5, 5.41) is 12.2. The molecule has 150 valence electrons. The Labute approximate surface area is 174 Å². The second-order valence-corrected chi connectivity index (χ2v) is 7.12. The number of nitrogens with zero attached hydrogens (tertiary/aromatic N) is 2. The van der Waals surface area contributed by atoms with Crippen LogP contribution in [-0.4, -0.2) is 23.0 Å². The molecule has 0 fully saturated rings. The second-order valence-electron chi connectivity index (χ2n) is 7.12. The Bertz CT molecular complexity index is 1290. The van der Waals surface area contributed by atoms with Gasteiger partial charge in [0.25, 0.3) is 5.56 Å². The number of aryl methyl sites for hydroxylation is 1. The van der Waals surface area contributed by atoms with Crippen molar-refractivity contribution in [2.24, 2.45) is 4.99 Å². The molecule has 1 N–H and O–H groups in total. The van der Waals surface area contributed by atoms with E-state index < -0.39 is 0 Å². The van der Waals surface area contributed by atoms with Gasteiger partial charge in [-0.1, -0.05) is 42.5 Å². The smallest absolute Gasteiger partial charge is 0.261 e. The molecule has 4 aromatic rings. The number of aliphatic imine (C=N–C) groups is 1. The van der Waals surface area contributed by atoms with Gasteiger partial charge in [0, 0.05) is 17.0 Å². The molecule has 5 heteroatoms. The average molecular weight is 398 g/mol. The minimum atomic E-state index is -0.244. The standard InChI is InChI=1S/C25H22N2O3/c1-17-6-5-7-19(14-17)26-15-23-21-8-3-4-9-22(21)24(28)27(25(23)29)16-18-10-12-20(30-2)13-11-18/h3-15,29H,16H2,1-2H3. The second kappa shape index (κ2) is 8.25. The van der Waals surface area contributed by atoms with Gasteiger partial charge in [-0.15, -0.1) is 0 Å². The molecule has 0 aliphatic rings. The molecule has 0 amide bonds. The summed E-state index contributed by atoms with van der Waals surface area (Å²) in [5.41, 5.74) is 3.03. The molecule has 3 aromatic carbocycles. The third-order valence-electron chi connectivity index (χ3n) is 5.03. The highest BCUT2D eigenvalue weighted by Gasteiger charge is 2.15. The van der Waals surface area contributed by atoms with Gasteiger partial charge in [-0.25, -0.2) is 0 Å². The van der Waals surface area contributed by atoms with E-state index in [2.05, 4.69) is 4.99 Å². The molecule has 1 heterocycles. The number of methoxy groups -OCH3 is 1. The van der Waals surface area contributed by atoms with Gasteiger partial charge >= 0.3 is 0 Å². The van der Waals surface area contributed by atoms with E-state index in [1.807, 2.05) is 73.7 Å². The Morgan fingerprint density at radius 2 is 1.73 bits per heavy atom. The highest BCUT2D eigenvalue weighted by Crippen LogP contribution is 2.25. The highest BCUT2D eigenvalue weighted by atomic mass is 16.5. The van der Waals surface area contributed by atoms with E-state index in [4.69, 9.17) is 4.74 Å². The Kier molecular flexibility index (Phi) is 5.35. The maximum absolute atomic E-state index is 13.1. The van der Waals surface area contributed by atoms with Crippen LogP contribution in [-0.2, 0) is 6.54 Å². The predicted octanol–water partition coefficient (Wildman–Crippen LogP) is 4.82. The lowest BCUT2D eigenvalue weighted by atomic mass is 10.1. The van der Waals surface area contributed by atoms with Crippen molar-refractivity contribution in [2.75, 3.05) is 7.11 Å². The number of fused-ring (bicyclic) bond motifs is 1. The summed E-state index contributed by atoms with van der Waals surface area (Å²) in [5.74, 6) is 0.630. The molecule has 0 saturated heterocycles. The van der Waals surface area contributed by atoms with E-state index in [1.54, 1.807) is 19.4 Å². The first-order chi connectivity index (χ1) is 14.6. The highest BCUT2D eigenvalue weighted by molar-refractivity contribution is 6.02. The van der Waals surface area contributed by atoms with E-state index in [9.17, 15) is 9.90 Å². The molecule has 0 unspecified atom stereocenters. The first-order valence-electron chi connectivity index (χ1n) is 9.65. The van der Waals surface area contributed by atoms with Crippen LogP contribution in [0.4, 0.5) is 5.69 Å². The third-order valence-corrected chi connectivity index (χ3v) is 5.03. The molecule has 4 rings (SSSR count). The Morgan fingerprint density at radius 3 is 2.43 bits per heavy atom. The minimum absolute atomic E-state index is 0.106. The number of pyridine rings is 1. The van der Waals surface area contributed by atoms with Gasteiger partial charge < -0.3 is 9.84 Å². The normalized spacial score (nSPS) is 11.3. The van der Waals surface area contributed by atoms with E-state index in [0.717, 1.165) is 22.6 Å². The Morgan fingerprint density at radius 1 is 1.00 bits per heavy atom. The molecule has 1 aromatic heterocycles. The van der Waals surface area contributed by atoms with Gasteiger partial charge in [0.05, 0.1) is 24.9 Å². The number of aromatic hydroxyl groups is 1. The summed E-state index contributed by atoms with van der Waals surface area (Å²) in [4.78, 5) is 17.6. The van der Waals surface area contributed by atoms with Crippen LogP contribution in [0.25, 0.3) is 10.8 Å². The monoisotopic (exact) mass is 398 g/mol. The summed E-state index contributed by atoms with van der Waals surface area (Å²) in [6, 6.07) is 22.5. The number of hydrogen-bond acceptors (Lipinski definition) is 4. The van der Waals surface area contributed by atoms with Crippen LogP contribution in [0.15, 0.2) is 82.6 Å².